The zero-order chi connectivity index (χ0) is 13.2. The number of fused-ring (bicyclic) bond motifs is 1. The highest BCUT2D eigenvalue weighted by Crippen LogP contribution is 2.15. The zero-order valence-electron chi connectivity index (χ0n) is 11.8. The average Bonchev–Trinajstić information content (AvgIpc) is 2.58. The van der Waals surface area contributed by atoms with Gasteiger partial charge in [0.05, 0.1) is 11.4 Å². The molecule has 3 rings (SSSR count). The Hall–Kier alpha value is -1.39. The van der Waals surface area contributed by atoms with E-state index < -0.39 is 0 Å². The number of aryl methyl sites for hydroxylation is 2. The summed E-state index contributed by atoms with van der Waals surface area (Å²) in [7, 11) is 0. The van der Waals surface area contributed by atoms with E-state index in [1.807, 2.05) is 0 Å². The molecule has 1 saturated heterocycles. The van der Waals surface area contributed by atoms with Gasteiger partial charge in [-0.05, 0) is 45.0 Å². The Morgan fingerprint density at radius 3 is 3.00 bits per heavy atom. The fraction of sp³-hybridized carbons (Fsp3) is 0.533. The van der Waals surface area contributed by atoms with E-state index in [1.165, 1.54) is 24.2 Å². The molecular weight excluding hydrogens is 236 g/mol. The van der Waals surface area contributed by atoms with Crippen LogP contribution in [0.15, 0.2) is 18.3 Å². The number of pyridine rings is 1. The average molecular weight is 258 g/mol. The molecule has 1 aliphatic rings. The van der Waals surface area contributed by atoms with Gasteiger partial charge in [0, 0.05) is 25.8 Å². The van der Waals surface area contributed by atoms with Crippen LogP contribution < -0.4 is 5.32 Å². The molecule has 19 heavy (non-hydrogen) atoms. The van der Waals surface area contributed by atoms with Crippen LogP contribution in [-0.2, 0) is 6.54 Å². The predicted molar refractivity (Wildman–Crippen MR) is 77.4 cm³/mol. The quantitative estimate of drug-likeness (QED) is 0.890. The van der Waals surface area contributed by atoms with Crippen LogP contribution in [-0.4, -0.2) is 40.5 Å². The number of hydrogen-bond acceptors (Lipinski definition) is 3. The Labute approximate surface area is 114 Å². The smallest absolute Gasteiger partial charge is 0.137 e. The molecule has 0 aliphatic carbocycles. The van der Waals surface area contributed by atoms with Crippen molar-refractivity contribution in [3.8, 4) is 0 Å². The summed E-state index contributed by atoms with van der Waals surface area (Å²) in [5.41, 5.74) is 4.83. The van der Waals surface area contributed by atoms with Gasteiger partial charge >= 0.3 is 0 Å². The van der Waals surface area contributed by atoms with Crippen LogP contribution >= 0.6 is 0 Å². The fourth-order valence-electron chi connectivity index (χ4n) is 2.78. The Morgan fingerprint density at radius 2 is 2.11 bits per heavy atom. The molecule has 1 N–H and O–H groups in total. The van der Waals surface area contributed by atoms with Crippen molar-refractivity contribution in [2.24, 2.45) is 0 Å². The van der Waals surface area contributed by atoms with Gasteiger partial charge in [-0.3, -0.25) is 4.90 Å². The third-order valence-corrected chi connectivity index (χ3v) is 3.87. The van der Waals surface area contributed by atoms with Gasteiger partial charge in [0.25, 0.3) is 0 Å². The number of hydrogen-bond donors (Lipinski definition) is 1. The summed E-state index contributed by atoms with van der Waals surface area (Å²) in [4.78, 5) is 7.19. The molecule has 4 heteroatoms. The van der Waals surface area contributed by atoms with Crippen molar-refractivity contribution >= 4 is 5.65 Å². The molecule has 0 aromatic carbocycles. The number of nitrogens with one attached hydrogen (secondary N) is 1. The Kier molecular flexibility index (Phi) is 3.53. The minimum Gasteiger partial charge on any atom is -0.315 e. The van der Waals surface area contributed by atoms with Crippen LogP contribution in [0.2, 0.25) is 0 Å². The number of imidazole rings is 1. The lowest BCUT2D eigenvalue weighted by molar-refractivity contribution is 0.279. The first-order chi connectivity index (χ1) is 9.24. The third-order valence-electron chi connectivity index (χ3n) is 3.87. The molecule has 2 aromatic heterocycles. The maximum atomic E-state index is 4.66. The molecule has 1 fully saturated rings. The van der Waals surface area contributed by atoms with Gasteiger partial charge in [-0.15, -0.1) is 0 Å². The second-order valence-corrected chi connectivity index (χ2v) is 5.46. The van der Waals surface area contributed by atoms with Crippen LogP contribution in [0.4, 0.5) is 0 Å². The highest BCUT2D eigenvalue weighted by molar-refractivity contribution is 5.44. The Bertz CT molecular complexity index is 565. The van der Waals surface area contributed by atoms with E-state index in [0.29, 0.717) is 0 Å². The lowest BCUT2D eigenvalue weighted by atomic mass is 10.3. The molecule has 0 amide bonds. The van der Waals surface area contributed by atoms with Crippen molar-refractivity contribution in [3.63, 3.8) is 0 Å². The molecule has 2 aromatic rings. The second-order valence-electron chi connectivity index (χ2n) is 5.46. The lowest BCUT2D eigenvalue weighted by Crippen LogP contribution is -2.28. The molecule has 0 bridgehead atoms. The standard InChI is InChI=1S/C15H22N4/c1-12-4-5-15-17-13(2)14(19(15)10-12)11-18-8-3-6-16-7-9-18/h4-5,10,16H,3,6-9,11H2,1-2H3. The van der Waals surface area contributed by atoms with E-state index in [0.717, 1.165) is 37.5 Å². The monoisotopic (exact) mass is 258 g/mol. The van der Waals surface area contributed by atoms with E-state index in [2.05, 4.69) is 51.8 Å². The van der Waals surface area contributed by atoms with Gasteiger partial charge in [-0.2, -0.15) is 0 Å². The van der Waals surface area contributed by atoms with Gasteiger partial charge in [-0.25, -0.2) is 4.98 Å². The summed E-state index contributed by atoms with van der Waals surface area (Å²) in [6.07, 6.45) is 3.43. The number of rotatable bonds is 2. The topological polar surface area (TPSA) is 32.6 Å². The Morgan fingerprint density at radius 1 is 1.21 bits per heavy atom. The van der Waals surface area contributed by atoms with Crippen LogP contribution in [0.5, 0.6) is 0 Å². The van der Waals surface area contributed by atoms with Crippen LogP contribution in [0.25, 0.3) is 5.65 Å². The number of nitrogens with zero attached hydrogens (tertiary/aromatic N) is 3. The molecule has 102 valence electrons. The zero-order valence-corrected chi connectivity index (χ0v) is 11.8. The highest BCUT2D eigenvalue weighted by atomic mass is 15.2. The van der Waals surface area contributed by atoms with Gasteiger partial charge < -0.3 is 9.72 Å². The first kappa shape index (κ1) is 12.6. The maximum Gasteiger partial charge on any atom is 0.137 e. The molecule has 0 saturated carbocycles. The molecular formula is C15H22N4. The van der Waals surface area contributed by atoms with Gasteiger partial charge in [0.1, 0.15) is 5.65 Å². The van der Waals surface area contributed by atoms with Gasteiger partial charge in [-0.1, -0.05) is 6.07 Å². The first-order valence-corrected chi connectivity index (χ1v) is 7.11. The first-order valence-electron chi connectivity index (χ1n) is 7.11. The summed E-state index contributed by atoms with van der Waals surface area (Å²) in [5, 5.41) is 3.45. The highest BCUT2D eigenvalue weighted by Gasteiger charge is 2.14. The van der Waals surface area contributed by atoms with Crippen LogP contribution in [0.1, 0.15) is 23.4 Å². The minimum atomic E-state index is 0.998. The molecule has 1 aliphatic heterocycles. The summed E-state index contributed by atoms with van der Waals surface area (Å²) in [6, 6.07) is 4.23. The predicted octanol–water partition coefficient (Wildman–Crippen LogP) is 1.75. The van der Waals surface area contributed by atoms with Crippen LogP contribution in [0.3, 0.4) is 0 Å². The largest absolute Gasteiger partial charge is 0.315 e. The van der Waals surface area contributed by atoms with Crippen LogP contribution in [0, 0.1) is 13.8 Å². The van der Waals surface area contributed by atoms with E-state index in [4.69, 9.17) is 0 Å². The molecule has 0 atom stereocenters. The maximum absolute atomic E-state index is 4.66. The van der Waals surface area contributed by atoms with Crippen molar-refractivity contribution in [2.45, 2.75) is 26.8 Å². The third kappa shape index (κ3) is 2.65. The summed E-state index contributed by atoms with van der Waals surface area (Å²) in [5.74, 6) is 0. The normalized spacial score (nSPS) is 17.8. The van der Waals surface area contributed by atoms with E-state index in [9.17, 15) is 0 Å². The lowest BCUT2D eigenvalue weighted by Gasteiger charge is -2.19. The molecule has 0 radical (unpaired) electrons. The molecule has 0 spiro atoms. The molecule has 4 nitrogen and oxygen atoms in total. The SMILES string of the molecule is Cc1ccc2nc(C)c(CN3CCCNCC3)n2c1. The number of aromatic nitrogens is 2. The van der Waals surface area contributed by atoms with Crippen molar-refractivity contribution in [2.75, 3.05) is 26.2 Å². The summed E-state index contributed by atoms with van der Waals surface area (Å²) in [6.45, 7) is 9.78. The van der Waals surface area contributed by atoms with Crippen molar-refractivity contribution in [1.82, 2.24) is 19.6 Å². The minimum absolute atomic E-state index is 0.998. The fourth-order valence-corrected chi connectivity index (χ4v) is 2.78. The van der Waals surface area contributed by atoms with Gasteiger partial charge in [0.2, 0.25) is 0 Å². The molecule has 3 heterocycles. The van der Waals surface area contributed by atoms with Crippen molar-refractivity contribution in [1.29, 1.82) is 0 Å². The summed E-state index contributed by atoms with van der Waals surface area (Å²) >= 11 is 0. The molecule has 0 unspecified atom stereocenters. The second kappa shape index (κ2) is 5.31. The van der Waals surface area contributed by atoms with Gasteiger partial charge in [0.15, 0.2) is 0 Å². The Balaban J connectivity index is 1.90. The summed E-state index contributed by atoms with van der Waals surface area (Å²) < 4.78 is 2.25. The van der Waals surface area contributed by atoms with Crippen molar-refractivity contribution < 1.29 is 0 Å². The van der Waals surface area contributed by atoms with E-state index in [1.54, 1.807) is 0 Å². The van der Waals surface area contributed by atoms with Crippen molar-refractivity contribution in [3.05, 3.63) is 35.3 Å². The van der Waals surface area contributed by atoms with E-state index in [-0.39, 0.29) is 0 Å². The van der Waals surface area contributed by atoms with E-state index >= 15 is 0 Å².